The molecule has 0 saturated carbocycles. The third-order valence-corrected chi connectivity index (χ3v) is 5.62. The van der Waals surface area contributed by atoms with Gasteiger partial charge in [0.05, 0.1) is 10.7 Å². The number of hydrogen-bond acceptors (Lipinski definition) is 2. The first-order chi connectivity index (χ1) is 9.29. The fourth-order valence-corrected chi connectivity index (χ4v) is 4.23. The van der Waals surface area contributed by atoms with Crippen molar-refractivity contribution in [1.82, 2.24) is 0 Å². The Morgan fingerprint density at radius 1 is 1.00 bits per heavy atom. The fraction of sp³-hybridized carbons (Fsp3) is 0. The Hall–Kier alpha value is -0.270. The fourth-order valence-electron chi connectivity index (χ4n) is 1.47. The Morgan fingerprint density at radius 3 is 2.35 bits per heavy atom. The van der Waals surface area contributed by atoms with E-state index in [2.05, 4.69) is 36.6 Å². The van der Waals surface area contributed by atoms with Gasteiger partial charge in [0.15, 0.2) is 0 Å². The molecule has 0 fully saturated rings. The van der Waals surface area contributed by atoms with E-state index < -0.39 is 10.0 Å². The summed E-state index contributed by atoms with van der Waals surface area (Å²) in [6, 6.07) is 9.36. The first kappa shape index (κ1) is 16.1. The topological polar surface area (TPSA) is 46.2 Å². The summed E-state index contributed by atoms with van der Waals surface area (Å²) in [6.07, 6.45) is 0. The molecule has 0 radical (unpaired) electrons. The molecule has 0 spiro atoms. The van der Waals surface area contributed by atoms with Crippen molar-refractivity contribution in [3.8, 4) is 0 Å². The molecule has 0 aliphatic heterocycles. The number of hydrogen-bond donors (Lipinski definition) is 1. The molecule has 2 aromatic rings. The van der Waals surface area contributed by atoms with Crippen LogP contribution in [0.4, 0.5) is 5.69 Å². The van der Waals surface area contributed by atoms with Gasteiger partial charge in [-0.15, -0.1) is 0 Å². The first-order valence-electron chi connectivity index (χ1n) is 5.22. The van der Waals surface area contributed by atoms with E-state index in [9.17, 15) is 8.42 Å². The van der Waals surface area contributed by atoms with E-state index in [-0.39, 0.29) is 9.92 Å². The van der Waals surface area contributed by atoms with Crippen molar-refractivity contribution in [3.05, 3.63) is 55.4 Å². The van der Waals surface area contributed by atoms with Crippen molar-refractivity contribution >= 4 is 70.8 Å². The van der Waals surface area contributed by atoms with Crippen LogP contribution in [-0.4, -0.2) is 8.42 Å². The zero-order chi connectivity index (χ0) is 14.9. The maximum Gasteiger partial charge on any atom is 0.263 e. The average Bonchev–Trinajstić information content (AvgIpc) is 2.33. The largest absolute Gasteiger partial charge is 0.278 e. The lowest BCUT2D eigenvalue weighted by molar-refractivity contribution is 0.601. The number of benzene rings is 2. The molecule has 0 aliphatic rings. The van der Waals surface area contributed by atoms with Gasteiger partial charge in [0.1, 0.15) is 4.90 Å². The van der Waals surface area contributed by atoms with E-state index in [0.717, 1.165) is 0 Å². The van der Waals surface area contributed by atoms with Gasteiger partial charge < -0.3 is 0 Å². The summed E-state index contributed by atoms with van der Waals surface area (Å²) in [5.41, 5.74) is 0.344. The number of rotatable bonds is 3. The summed E-state index contributed by atoms with van der Waals surface area (Å²) < 4.78 is 28.4. The van der Waals surface area contributed by atoms with E-state index >= 15 is 0 Å². The number of halogens is 4. The van der Waals surface area contributed by atoms with E-state index in [1.165, 1.54) is 18.2 Å². The Labute approximate surface area is 143 Å². The van der Waals surface area contributed by atoms with Crippen LogP contribution in [0.15, 0.2) is 50.2 Å². The molecule has 0 atom stereocenters. The van der Waals surface area contributed by atoms with E-state index in [1.54, 1.807) is 18.2 Å². The van der Waals surface area contributed by atoms with Crippen molar-refractivity contribution in [3.63, 3.8) is 0 Å². The van der Waals surface area contributed by atoms with Crippen molar-refractivity contribution < 1.29 is 8.42 Å². The number of sulfonamides is 1. The minimum Gasteiger partial charge on any atom is -0.278 e. The first-order valence-corrected chi connectivity index (χ1v) is 9.05. The highest BCUT2D eigenvalue weighted by atomic mass is 79.9. The van der Waals surface area contributed by atoms with Gasteiger partial charge in [-0.1, -0.05) is 39.1 Å². The minimum atomic E-state index is -3.79. The zero-order valence-corrected chi connectivity index (χ0v) is 15.2. The number of anilines is 1. The van der Waals surface area contributed by atoms with Crippen molar-refractivity contribution in [1.29, 1.82) is 0 Å². The van der Waals surface area contributed by atoms with Crippen LogP contribution < -0.4 is 4.72 Å². The molecular formula is C12H7Br2Cl2NO2S. The molecule has 3 nitrogen and oxygen atoms in total. The summed E-state index contributed by atoms with van der Waals surface area (Å²) >= 11 is 18.3. The number of nitrogens with one attached hydrogen (secondary N) is 1. The van der Waals surface area contributed by atoms with Crippen LogP contribution >= 0.6 is 55.1 Å². The molecule has 0 aliphatic carbocycles. The lowest BCUT2D eigenvalue weighted by Gasteiger charge is -2.11. The summed E-state index contributed by atoms with van der Waals surface area (Å²) in [5, 5.41) is 0.554. The summed E-state index contributed by atoms with van der Waals surface area (Å²) in [5.74, 6) is 0. The minimum absolute atomic E-state index is 0.00533. The van der Waals surface area contributed by atoms with Crippen LogP contribution in [0, 0.1) is 0 Å². The third-order valence-electron chi connectivity index (χ3n) is 2.36. The lowest BCUT2D eigenvalue weighted by Crippen LogP contribution is -2.13. The smallest absolute Gasteiger partial charge is 0.263 e. The van der Waals surface area contributed by atoms with Gasteiger partial charge in [0.25, 0.3) is 10.0 Å². The second-order valence-electron chi connectivity index (χ2n) is 3.80. The van der Waals surface area contributed by atoms with Gasteiger partial charge in [-0.25, -0.2) is 8.42 Å². The molecule has 0 amide bonds. The second-order valence-corrected chi connectivity index (χ2v) is 8.07. The van der Waals surface area contributed by atoms with Crippen molar-refractivity contribution in [2.45, 2.75) is 4.90 Å². The third kappa shape index (κ3) is 3.68. The molecule has 2 aromatic carbocycles. The van der Waals surface area contributed by atoms with Gasteiger partial charge >= 0.3 is 0 Å². The normalized spacial score (nSPS) is 11.4. The van der Waals surface area contributed by atoms with Gasteiger partial charge in [-0.3, -0.25) is 4.72 Å². The molecule has 106 valence electrons. The molecular weight excluding hydrogens is 453 g/mol. The van der Waals surface area contributed by atoms with Gasteiger partial charge in [-0.05, 0) is 52.3 Å². The predicted molar refractivity (Wildman–Crippen MR) is 89.1 cm³/mol. The van der Waals surface area contributed by atoms with Crippen molar-refractivity contribution in [2.24, 2.45) is 0 Å². The molecule has 20 heavy (non-hydrogen) atoms. The molecule has 1 N–H and O–H groups in total. The molecule has 0 saturated heterocycles. The van der Waals surface area contributed by atoms with Crippen LogP contribution in [0.5, 0.6) is 0 Å². The Kier molecular flexibility index (Phi) is 5.02. The Bertz CT molecular complexity index is 766. The van der Waals surface area contributed by atoms with Gasteiger partial charge in [0, 0.05) is 14.0 Å². The monoisotopic (exact) mass is 457 g/mol. The predicted octanol–water partition coefficient (Wildman–Crippen LogP) is 5.32. The zero-order valence-electron chi connectivity index (χ0n) is 9.70. The quantitative estimate of drug-likeness (QED) is 0.675. The van der Waals surface area contributed by atoms with Crippen LogP contribution in [0.3, 0.4) is 0 Å². The molecule has 0 heterocycles. The summed E-state index contributed by atoms with van der Waals surface area (Å²) in [6.45, 7) is 0. The van der Waals surface area contributed by atoms with Crippen molar-refractivity contribution in [2.75, 3.05) is 4.72 Å². The molecule has 0 unspecified atom stereocenters. The molecule has 8 heteroatoms. The molecule has 0 bridgehead atoms. The Morgan fingerprint density at radius 2 is 1.70 bits per heavy atom. The second kappa shape index (κ2) is 6.23. The molecule has 0 aromatic heterocycles. The van der Waals surface area contributed by atoms with Crippen LogP contribution in [0.25, 0.3) is 0 Å². The lowest BCUT2D eigenvalue weighted by atomic mass is 10.3. The van der Waals surface area contributed by atoms with E-state index in [4.69, 9.17) is 23.2 Å². The van der Waals surface area contributed by atoms with E-state index in [1.807, 2.05) is 0 Å². The van der Waals surface area contributed by atoms with E-state index in [0.29, 0.717) is 19.7 Å². The maximum absolute atomic E-state index is 12.3. The highest BCUT2D eigenvalue weighted by Crippen LogP contribution is 2.31. The van der Waals surface area contributed by atoms with Gasteiger partial charge in [-0.2, -0.15) is 0 Å². The highest BCUT2D eigenvalue weighted by Gasteiger charge is 2.19. The average molecular weight is 460 g/mol. The summed E-state index contributed by atoms with van der Waals surface area (Å²) in [7, 11) is -3.79. The SMILES string of the molecule is O=S(=O)(Nc1cc(Cl)ccc1Br)c1ccc(Br)cc1Cl. The highest BCUT2D eigenvalue weighted by molar-refractivity contribution is 9.10. The standard InChI is InChI=1S/C12H7Br2Cl2NO2S/c13-7-1-4-12(10(16)5-7)20(18,19)17-11-6-8(15)2-3-9(11)14/h1-6,17H. The molecule has 2 rings (SSSR count). The summed E-state index contributed by atoms with van der Waals surface area (Å²) in [4.78, 5) is -0.00533. The van der Waals surface area contributed by atoms with Crippen LogP contribution in [-0.2, 0) is 10.0 Å². The maximum atomic E-state index is 12.3. The van der Waals surface area contributed by atoms with Gasteiger partial charge in [0.2, 0.25) is 0 Å². The van der Waals surface area contributed by atoms with Crippen LogP contribution in [0.2, 0.25) is 10.0 Å². The Balaban J connectivity index is 2.43. The van der Waals surface area contributed by atoms with Crippen LogP contribution in [0.1, 0.15) is 0 Å².